The summed E-state index contributed by atoms with van der Waals surface area (Å²) >= 11 is 0. The molecule has 0 fully saturated rings. The lowest BCUT2D eigenvalue weighted by atomic mass is 9.84. The lowest BCUT2D eigenvalue weighted by Crippen LogP contribution is -2.05. The van der Waals surface area contributed by atoms with Crippen molar-refractivity contribution in [2.45, 2.75) is 0 Å². The maximum atomic E-state index is 6.60. The van der Waals surface area contributed by atoms with E-state index in [0.717, 1.165) is 158 Å². The van der Waals surface area contributed by atoms with Crippen molar-refractivity contribution < 1.29 is 14.2 Å². The molecule has 9 heteroatoms. The fraction of sp³-hybridized carbons (Fsp3) is 0. The van der Waals surface area contributed by atoms with Crippen LogP contribution in [0.15, 0.2) is 485 Å². The molecule has 0 saturated carbocycles. The Labute approximate surface area is 795 Å². The van der Waals surface area contributed by atoms with Gasteiger partial charge in [0, 0.05) is 16.7 Å². The van der Waals surface area contributed by atoms with Gasteiger partial charge in [0.1, 0.15) is 34.0 Å². The molecule has 3 aliphatic heterocycles. The summed E-state index contributed by atoms with van der Waals surface area (Å²) in [5, 5.41) is 14.9. The fourth-order valence-corrected chi connectivity index (χ4v) is 20.8. The van der Waals surface area contributed by atoms with Crippen molar-refractivity contribution in [3.8, 4) is 175 Å². The summed E-state index contributed by atoms with van der Waals surface area (Å²) in [6, 6.07) is 172. The second-order valence-electron chi connectivity index (χ2n) is 35.7. The topological polar surface area (TPSA) is 81.1 Å². The van der Waals surface area contributed by atoms with E-state index in [-0.39, 0.29) is 0 Å². The first kappa shape index (κ1) is 79.2. The van der Waals surface area contributed by atoms with Crippen LogP contribution >= 0.6 is 0 Å². The number of fused-ring (bicyclic) bond motifs is 12. The van der Waals surface area contributed by atoms with E-state index in [1.165, 1.54) is 115 Å². The van der Waals surface area contributed by atoms with Gasteiger partial charge in [-0.05, 0) is 263 Å². The Bertz CT molecular complexity index is 9410. The number of para-hydroxylation sites is 3. The third kappa shape index (κ3) is 13.7. The summed E-state index contributed by atoms with van der Waals surface area (Å²) in [5.41, 5.74) is 30.9. The number of hydrogen-bond donors (Lipinski definition) is 0. The number of hydrogen-bond acceptors (Lipinski definition) is 6. The molecule has 138 heavy (non-hydrogen) atoms. The molecule has 0 spiro atoms. The molecular weight excluding hydrogens is 1680 g/mol. The minimum Gasteiger partial charge on any atom is -0.453 e. The molecule has 0 radical (unpaired) electrons. The van der Waals surface area contributed by atoms with Gasteiger partial charge in [-0.25, -0.2) is 15.0 Å². The van der Waals surface area contributed by atoms with Crippen molar-refractivity contribution in [3.05, 3.63) is 485 Å². The van der Waals surface area contributed by atoms with Crippen molar-refractivity contribution in [2.24, 2.45) is 0 Å². The van der Waals surface area contributed by atoms with E-state index in [1.807, 2.05) is 78.9 Å². The number of aromatic nitrogens is 6. The average Bonchev–Trinajstić information content (AvgIpc) is 1.03. The first-order valence-corrected chi connectivity index (χ1v) is 46.8. The molecule has 6 heterocycles. The van der Waals surface area contributed by atoms with Crippen molar-refractivity contribution in [1.29, 1.82) is 0 Å². The third-order valence-corrected chi connectivity index (χ3v) is 27.5. The van der Waals surface area contributed by atoms with E-state index in [9.17, 15) is 0 Å². The summed E-state index contributed by atoms with van der Waals surface area (Å²) in [5.74, 6) is 7.69. The van der Waals surface area contributed by atoms with Gasteiger partial charge in [-0.2, -0.15) is 0 Å². The minimum atomic E-state index is 0.812. The standard InChI is InChI=1S/C59H36N2O.2C35H22N2O/c1-2-13-41(14-3-1)59-60-52-19-10-20-54-58(52)61(59)53-32-30-45(36-55(53)62-54)40-23-21-39(22-24-40)44-29-31-50-51(35-44)57(47-28-26-38-12-5-7-16-43(38)34-47)49-18-9-8-17-48(49)56(50)46-27-25-37-11-4-6-15-42(37)33-46;1-3-8-23(9-4-1)25-14-15-27-21-28(17-16-26(27)20-25)29-18-19-31-33(22-29)38-32-13-7-12-30-34(32)37(31)35(36-30)24-10-5-2-6-11-24;1-2-8-26(9-3-1)35-36-30-11-6-12-32-34(30)37(35)31-20-19-29(22-33(31)38-32)25-15-13-24(14-16-25)28-18-17-23-7-4-5-10-27(23)21-28/h1-36H;2*1-22H. The molecule has 29 rings (SSSR count). The molecule has 644 valence electrons. The van der Waals surface area contributed by atoms with Crippen LogP contribution in [0.1, 0.15) is 0 Å². The number of imidazole rings is 3. The van der Waals surface area contributed by atoms with E-state index in [1.54, 1.807) is 0 Å². The quantitative estimate of drug-likeness (QED) is 0.120. The first-order valence-electron chi connectivity index (χ1n) is 46.8. The van der Waals surface area contributed by atoms with Crippen LogP contribution in [0.4, 0.5) is 0 Å². The third-order valence-electron chi connectivity index (χ3n) is 27.5. The Morgan fingerprint density at radius 3 is 0.754 bits per heavy atom. The summed E-state index contributed by atoms with van der Waals surface area (Å²) in [7, 11) is 0. The Morgan fingerprint density at radius 1 is 0.145 bits per heavy atom. The highest BCUT2D eigenvalue weighted by molar-refractivity contribution is 6.23. The highest BCUT2D eigenvalue weighted by Crippen LogP contribution is 2.52. The Hall–Kier alpha value is -18.6. The molecule has 3 aromatic heterocycles. The zero-order valence-electron chi connectivity index (χ0n) is 74.6. The monoisotopic (exact) mass is 1760 g/mol. The van der Waals surface area contributed by atoms with Crippen LogP contribution in [-0.2, 0) is 0 Å². The lowest BCUT2D eigenvalue weighted by Gasteiger charge is -2.22. The van der Waals surface area contributed by atoms with Gasteiger partial charge in [0.2, 0.25) is 0 Å². The lowest BCUT2D eigenvalue weighted by molar-refractivity contribution is 0.476. The van der Waals surface area contributed by atoms with Crippen molar-refractivity contribution >= 4 is 97.7 Å². The number of benzene rings is 23. The molecule has 23 aromatic carbocycles. The maximum absolute atomic E-state index is 6.60. The van der Waals surface area contributed by atoms with Gasteiger partial charge in [-0.15, -0.1) is 0 Å². The van der Waals surface area contributed by atoms with Gasteiger partial charge < -0.3 is 14.2 Å². The molecule has 3 aliphatic rings. The number of ether oxygens (including phenoxy) is 3. The Balaban J connectivity index is 0.000000110. The van der Waals surface area contributed by atoms with Crippen molar-refractivity contribution in [1.82, 2.24) is 28.7 Å². The minimum absolute atomic E-state index is 0.812. The number of nitrogens with zero attached hydrogens (tertiary/aromatic N) is 6. The number of rotatable bonds is 11. The smallest absolute Gasteiger partial charge is 0.153 e. The van der Waals surface area contributed by atoms with Gasteiger partial charge in [-0.1, -0.05) is 376 Å². The summed E-state index contributed by atoms with van der Waals surface area (Å²) < 4.78 is 26.2. The second kappa shape index (κ2) is 32.7. The van der Waals surface area contributed by atoms with Crippen LogP contribution in [0.25, 0.3) is 238 Å². The largest absolute Gasteiger partial charge is 0.453 e. The highest BCUT2D eigenvalue weighted by atomic mass is 16.5. The van der Waals surface area contributed by atoms with E-state index in [4.69, 9.17) is 29.2 Å². The normalized spacial score (nSPS) is 11.9. The second-order valence-corrected chi connectivity index (χ2v) is 35.7. The van der Waals surface area contributed by atoms with Crippen molar-refractivity contribution in [2.75, 3.05) is 0 Å². The van der Waals surface area contributed by atoms with Crippen LogP contribution in [0.5, 0.6) is 34.5 Å². The van der Waals surface area contributed by atoms with Gasteiger partial charge in [-0.3, -0.25) is 13.7 Å². The molecule has 0 aliphatic carbocycles. The summed E-state index contributed by atoms with van der Waals surface area (Å²) in [6.07, 6.45) is 0. The molecule has 9 nitrogen and oxygen atoms in total. The SMILES string of the molecule is c1ccc(-c2ccc3cc(-c4ccc5c(c4)Oc4cccc6nc(-c7ccccc7)n-5c46)ccc3c2)cc1.c1ccc(-c2nc3cccc4c3n2-c2ccc(-c3ccc(-c5ccc6c(-c7ccc8ccccc8c7)c7ccccc7c(-c7ccc8ccccc8c7)c6c5)cc3)cc2O4)cc1.c1ccc(-c2nc3cccc4c3n2-c2ccc(-c3ccc(-c5ccc6ccccc6c5)cc3)cc2O4)cc1. The van der Waals surface area contributed by atoms with Crippen LogP contribution < -0.4 is 14.2 Å². The zero-order valence-corrected chi connectivity index (χ0v) is 74.6. The van der Waals surface area contributed by atoms with E-state index < -0.39 is 0 Å². The Morgan fingerprint density at radius 2 is 0.384 bits per heavy atom. The molecule has 0 saturated heterocycles. The molecule has 0 unspecified atom stereocenters. The first-order chi connectivity index (χ1) is 68.3. The van der Waals surface area contributed by atoms with E-state index in [2.05, 4.69) is 420 Å². The predicted molar refractivity (Wildman–Crippen MR) is 568 cm³/mol. The molecule has 0 atom stereocenters. The molecule has 26 aromatic rings. The van der Waals surface area contributed by atoms with Crippen LogP contribution in [0.3, 0.4) is 0 Å². The predicted octanol–water partition coefficient (Wildman–Crippen LogP) is 34.6. The fourth-order valence-electron chi connectivity index (χ4n) is 20.8. The van der Waals surface area contributed by atoms with Gasteiger partial charge in [0.25, 0.3) is 0 Å². The summed E-state index contributed by atoms with van der Waals surface area (Å²) in [4.78, 5) is 15.0. The molecule has 0 N–H and O–H groups in total. The Kier molecular flexibility index (Phi) is 18.8. The van der Waals surface area contributed by atoms with Crippen molar-refractivity contribution in [3.63, 3.8) is 0 Å². The molecule has 0 amide bonds. The van der Waals surface area contributed by atoms with Crippen LogP contribution in [-0.4, -0.2) is 28.7 Å². The zero-order chi connectivity index (χ0) is 90.8. The summed E-state index contributed by atoms with van der Waals surface area (Å²) in [6.45, 7) is 0. The van der Waals surface area contributed by atoms with E-state index >= 15 is 0 Å². The van der Waals surface area contributed by atoms with Gasteiger partial charge >= 0.3 is 0 Å². The van der Waals surface area contributed by atoms with Crippen LogP contribution in [0.2, 0.25) is 0 Å². The maximum Gasteiger partial charge on any atom is 0.153 e. The molecule has 0 bridgehead atoms. The van der Waals surface area contributed by atoms with Gasteiger partial charge in [0.15, 0.2) is 34.5 Å². The highest BCUT2D eigenvalue weighted by Gasteiger charge is 2.31. The van der Waals surface area contributed by atoms with Gasteiger partial charge in [0.05, 0.1) is 33.6 Å². The average molecular weight is 1760 g/mol. The molecular formula is C129H80N6O3. The van der Waals surface area contributed by atoms with Crippen LogP contribution in [0, 0.1) is 0 Å². The van der Waals surface area contributed by atoms with E-state index in [0.29, 0.717) is 0 Å².